The van der Waals surface area contributed by atoms with Gasteiger partial charge in [0.15, 0.2) is 0 Å². The van der Waals surface area contributed by atoms with E-state index in [9.17, 15) is 0 Å². The summed E-state index contributed by atoms with van der Waals surface area (Å²) in [4.78, 5) is 0. The van der Waals surface area contributed by atoms with Gasteiger partial charge in [-0.1, -0.05) is 51.1 Å². The zero-order valence-corrected chi connectivity index (χ0v) is 15.1. The van der Waals surface area contributed by atoms with Crippen molar-refractivity contribution < 1.29 is 4.43 Å². The van der Waals surface area contributed by atoms with E-state index in [0.29, 0.717) is 5.25 Å². The average Bonchev–Trinajstić information content (AvgIpc) is 2.38. The largest absolute Gasteiger partial charge is 0.547 e. The number of rotatable bonds is 3. The smallest absolute Gasteiger partial charge is 0.250 e. The average molecular weight is 307 g/mol. The van der Waals surface area contributed by atoms with Crippen molar-refractivity contribution in [1.29, 1.82) is 0 Å². The van der Waals surface area contributed by atoms with Gasteiger partial charge in [-0.25, -0.2) is 0 Å². The normalized spacial score (nSPS) is 20.4. The zero-order chi connectivity index (χ0) is 14.8. The first kappa shape index (κ1) is 15.7. The van der Waals surface area contributed by atoms with E-state index in [1.807, 2.05) is 11.8 Å². The quantitative estimate of drug-likeness (QED) is 0.656. The predicted molar refractivity (Wildman–Crippen MR) is 92.6 cm³/mol. The Labute approximate surface area is 128 Å². The highest BCUT2D eigenvalue weighted by molar-refractivity contribution is 7.99. The number of thioether (sulfide) groups is 1. The number of hydrogen-bond donors (Lipinski definition) is 0. The van der Waals surface area contributed by atoms with E-state index >= 15 is 0 Å². The molecule has 0 aliphatic carbocycles. The molecular weight excluding hydrogens is 280 g/mol. The molecule has 0 spiro atoms. The lowest BCUT2D eigenvalue weighted by atomic mass is 10.1. The molecule has 1 aliphatic heterocycles. The van der Waals surface area contributed by atoms with Crippen LogP contribution in [0.2, 0.25) is 18.1 Å². The van der Waals surface area contributed by atoms with Crippen LogP contribution in [0.1, 0.15) is 38.0 Å². The van der Waals surface area contributed by atoms with Gasteiger partial charge in [0.25, 0.3) is 0 Å². The van der Waals surface area contributed by atoms with Crippen LogP contribution >= 0.6 is 11.8 Å². The third kappa shape index (κ3) is 3.70. The highest BCUT2D eigenvalue weighted by atomic mass is 32.2. The molecule has 0 bridgehead atoms. The molecule has 0 radical (unpaired) electrons. The van der Waals surface area contributed by atoms with Gasteiger partial charge in [0.1, 0.15) is 0 Å². The predicted octanol–water partition coefficient (Wildman–Crippen LogP) is 5.77. The van der Waals surface area contributed by atoms with Crippen molar-refractivity contribution in [1.82, 2.24) is 0 Å². The minimum Gasteiger partial charge on any atom is -0.547 e. The summed E-state index contributed by atoms with van der Waals surface area (Å²) in [7, 11) is -1.70. The molecule has 3 heteroatoms. The first-order chi connectivity index (χ1) is 9.29. The summed E-state index contributed by atoms with van der Waals surface area (Å²) in [5, 5.41) is 0.807. The summed E-state index contributed by atoms with van der Waals surface area (Å²) in [5.74, 6) is 2.27. The molecule has 1 atom stereocenters. The SMILES string of the molecule is CC(C)(C)[Si](C)(C)OC1=CCSC(c2ccccc2)C1. The van der Waals surface area contributed by atoms with Gasteiger partial charge in [0, 0.05) is 17.4 Å². The molecule has 1 unspecified atom stereocenters. The van der Waals surface area contributed by atoms with Gasteiger partial charge in [-0.2, -0.15) is 0 Å². The summed E-state index contributed by atoms with van der Waals surface area (Å²) in [5.41, 5.74) is 1.42. The fraction of sp³-hybridized carbons (Fsp3) is 0.529. The second-order valence-corrected chi connectivity index (χ2v) is 12.9. The Kier molecular flexibility index (Phi) is 4.70. The number of allylic oxidation sites excluding steroid dienone is 1. The molecule has 0 saturated carbocycles. The molecule has 1 aliphatic rings. The van der Waals surface area contributed by atoms with Gasteiger partial charge in [-0.3, -0.25) is 0 Å². The molecule has 0 N–H and O–H groups in total. The summed E-state index contributed by atoms with van der Waals surface area (Å²) in [6, 6.07) is 10.8. The van der Waals surface area contributed by atoms with Gasteiger partial charge >= 0.3 is 0 Å². The van der Waals surface area contributed by atoms with E-state index in [1.54, 1.807) is 0 Å². The van der Waals surface area contributed by atoms with E-state index in [-0.39, 0.29) is 5.04 Å². The first-order valence-corrected chi connectivity index (χ1v) is 11.3. The van der Waals surface area contributed by atoms with Crippen LogP contribution in [0.25, 0.3) is 0 Å². The molecule has 2 rings (SSSR count). The second kappa shape index (κ2) is 5.98. The van der Waals surface area contributed by atoms with E-state index < -0.39 is 8.32 Å². The maximum atomic E-state index is 6.48. The van der Waals surface area contributed by atoms with Crippen LogP contribution in [-0.4, -0.2) is 14.1 Å². The van der Waals surface area contributed by atoms with Crippen molar-refractivity contribution in [3.8, 4) is 0 Å². The lowest BCUT2D eigenvalue weighted by molar-refractivity contribution is 0.363. The van der Waals surface area contributed by atoms with Gasteiger partial charge in [-0.15, -0.1) is 11.8 Å². The fourth-order valence-electron chi connectivity index (χ4n) is 2.03. The minimum absolute atomic E-state index is 0.265. The third-order valence-corrected chi connectivity index (χ3v) is 9.94. The lowest BCUT2D eigenvalue weighted by Gasteiger charge is -2.38. The van der Waals surface area contributed by atoms with Gasteiger partial charge in [-0.05, 0) is 29.8 Å². The zero-order valence-electron chi connectivity index (χ0n) is 13.3. The Balaban J connectivity index is 2.06. The molecule has 0 aromatic heterocycles. The third-order valence-electron chi connectivity index (χ3n) is 4.36. The maximum Gasteiger partial charge on any atom is 0.250 e. The topological polar surface area (TPSA) is 9.23 Å². The summed E-state index contributed by atoms with van der Waals surface area (Å²) < 4.78 is 6.48. The van der Waals surface area contributed by atoms with Gasteiger partial charge in [0.2, 0.25) is 8.32 Å². The van der Waals surface area contributed by atoms with Crippen LogP contribution in [0.5, 0.6) is 0 Å². The van der Waals surface area contributed by atoms with E-state index in [2.05, 4.69) is 70.3 Å². The molecule has 1 aromatic rings. The van der Waals surface area contributed by atoms with E-state index in [4.69, 9.17) is 4.43 Å². The van der Waals surface area contributed by atoms with Crippen molar-refractivity contribution in [2.24, 2.45) is 0 Å². The minimum atomic E-state index is -1.70. The molecule has 0 fully saturated rings. The number of benzene rings is 1. The van der Waals surface area contributed by atoms with Crippen molar-refractivity contribution in [3.63, 3.8) is 0 Å². The molecule has 1 nitrogen and oxygen atoms in total. The van der Waals surface area contributed by atoms with Crippen LogP contribution < -0.4 is 0 Å². The van der Waals surface area contributed by atoms with Gasteiger partial charge in [0.05, 0.1) is 5.76 Å². The monoisotopic (exact) mass is 306 g/mol. The Hall–Kier alpha value is -0.673. The molecular formula is C17H26OSSi. The van der Waals surface area contributed by atoms with Crippen LogP contribution in [0, 0.1) is 0 Å². The molecule has 1 aromatic carbocycles. The first-order valence-electron chi connectivity index (χ1n) is 7.34. The van der Waals surface area contributed by atoms with Crippen molar-refractivity contribution in [2.75, 3.05) is 5.75 Å². The molecule has 20 heavy (non-hydrogen) atoms. The van der Waals surface area contributed by atoms with Crippen molar-refractivity contribution in [3.05, 3.63) is 47.7 Å². The fourth-order valence-corrected chi connectivity index (χ4v) is 4.30. The van der Waals surface area contributed by atoms with Crippen molar-refractivity contribution >= 4 is 20.1 Å². The van der Waals surface area contributed by atoms with Crippen molar-refractivity contribution in [2.45, 2.75) is 50.6 Å². The van der Waals surface area contributed by atoms with Crippen LogP contribution in [0.15, 0.2) is 42.2 Å². The second-order valence-electron chi connectivity index (χ2n) is 6.97. The summed E-state index contributed by atoms with van der Waals surface area (Å²) >= 11 is 2.01. The molecule has 0 saturated heterocycles. The number of hydrogen-bond acceptors (Lipinski definition) is 2. The highest BCUT2D eigenvalue weighted by Crippen LogP contribution is 2.43. The molecule has 1 heterocycles. The maximum absolute atomic E-state index is 6.48. The Bertz CT molecular complexity index is 474. The van der Waals surface area contributed by atoms with Crippen LogP contribution in [0.3, 0.4) is 0 Å². The summed E-state index contributed by atoms with van der Waals surface area (Å²) in [6.45, 7) is 11.5. The highest BCUT2D eigenvalue weighted by Gasteiger charge is 2.39. The Morgan fingerprint density at radius 3 is 2.40 bits per heavy atom. The van der Waals surface area contributed by atoms with Crippen LogP contribution in [-0.2, 0) is 4.43 Å². The van der Waals surface area contributed by atoms with E-state index in [1.165, 1.54) is 11.3 Å². The van der Waals surface area contributed by atoms with Gasteiger partial charge < -0.3 is 4.43 Å². The molecule has 0 amide bonds. The molecule has 110 valence electrons. The standard InChI is InChI=1S/C17H26OSSi/c1-17(2,3)20(4,5)18-15-11-12-19-16(13-15)14-9-7-6-8-10-14/h6-11,16H,12-13H2,1-5H3. The summed E-state index contributed by atoms with van der Waals surface area (Å²) in [6.07, 6.45) is 3.31. The lowest BCUT2D eigenvalue weighted by Crippen LogP contribution is -2.40. The van der Waals surface area contributed by atoms with Crippen LogP contribution in [0.4, 0.5) is 0 Å². The Morgan fingerprint density at radius 2 is 1.80 bits per heavy atom. The van der Waals surface area contributed by atoms with E-state index in [0.717, 1.165) is 12.2 Å². The Morgan fingerprint density at radius 1 is 1.15 bits per heavy atom.